The zero-order chi connectivity index (χ0) is 46.5. The van der Waals surface area contributed by atoms with E-state index in [-0.39, 0.29) is 23.9 Å². The Kier molecular flexibility index (Phi) is 11.7. The number of carbonyl (C=O) groups excluding carboxylic acids is 2. The number of imide groups is 1. The van der Waals surface area contributed by atoms with Gasteiger partial charge in [0.15, 0.2) is 17.0 Å². The van der Waals surface area contributed by atoms with Gasteiger partial charge in [0.05, 0.1) is 23.5 Å². The lowest BCUT2D eigenvalue weighted by atomic mass is 9.92. The van der Waals surface area contributed by atoms with Gasteiger partial charge in [0.1, 0.15) is 16.7 Å². The standard InChI is InChI=1S/C51H58N12O5/c1-3-24-62-49(66)39-29-54-50(58-47(39)63(62)42-15-6-32-17-21-51(67,4-2)46(32)56-42)55-35-9-7-33(8-10-35)52-22-23-53-34-18-25-60(26-19-34)30-31-5-11-36(28-31)61-27-20-37-40(61)13-14-41-44(37)45(59-68-41)38-12-16-43(64)57-48(38)65/h3,6-10,13-15,20,27,29,31,34,36,38,52-53,67H,1,4-5,11-12,16-19,21-26,28,30H2,2H3,(H,54,55,58)(H,57,64,65)/t31-,36+,38?,51-/m1/s1. The number of aliphatic hydroxyl groups is 1. The first-order valence-electron chi connectivity index (χ1n) is 24.3. The Bertz CT molecular complexity index is 3110. The second kappa shape index (κ2) is 18.1. The summed E-state index contributed by atoms with van der Waals surface area (Å²) in [5.74, 6) is 0.482. The number of nitrogens with zero attached hydrogens (tertiary/aromatic N) is 8. The van der Waals surface area contributed by atoms with E-state index in [4.69, 9.17) is 14.5 Å². The Morgan fingerprint density at radius 1 is 0.941 bits per heavy atom. The SMILES string of the molecule is C=CCn1c(=O)c2cnc(Nc3ccc(NCCNC4CCN(C[C@@H]5CC[C@H](n6ccc7c8c(C9CCC(=O)NC9=O)noc8ccc76)C5)CC4)cc3)nc2n1-c1ccc2c(n1)[C@@](O)(CC)CC2. The van der Waals surface area contributed by atoms with Crippen molar-refractivity contribution >= 4 is 62.0 Å². The third-order valence-electron chi connectivity index (χ3n) is 15.0. The van der Waals surface area contributed by atoms with Crippen LogP contribution in [0, 0.1) is 5.92 Å². The minimum Gasteiger partial charge on any atom is -0.384 e. The Morgan fingerprint density at radius 3 is 2.59 bits per heavy atom. The number of likely N-dealkylation sites (tertiary alicyclic amines) is 1. The zero-order valence-electron chi connectivity index (χ0n) is 38.4. The number of anilines is 3. The van der Waals surface area contributed by atoms with Gasteiger partial charge in [0.2, 0.25) is 17.8 Å². The molecule has 7 heterocycles. The molecule has 0 spiro atoms. The van der Waals surface area contributed by atoms with Crippen LogP contribution in [0.3, 0.4) is 0 Å². The lowest BCUT2D eigenvalue weighted by Gasteiger charge is -2.34. The molecule has 2 aliphatic heterocycles. The monoisotopic (exact) mass is 918 g/mol. The molecule has 68 heavy (non-hydrogen) atoms. The van der Waals surface area contributed by atoms with Gasteiger partial charge in [-0.2, -0.15) is 4.98 Å². The fourth-order valence-corrected chi connectivity index (χ4v) is 11.3. The Morgan fingerprint density at radius 2 is 1.78 bits per heavy atom. The maximum atomic E-state index is 13.5. The van der Waals surface area contributed by atoms with Gasteiger partial charge in [0, 0.05) is 72.8 Å². The van der Waals surface area contributed by atoms with Crippen LogP contribution in [0.5, 0.6) is 0 Å². The van der Waals surface area contributed by atoms with Crippen molar-refractivity contribution in [3.05, 3.63) is 107 Å². The number of allylic oxidation sites excluding steroid dienone is 1. The van der Waals surface area contributed by atoms with Crippen molar-refractivity contribution in [3.8, 4) is 5.82 Å². The highest BCUT2D eigenvalue weighted by molar-refractivity contribution is 6.09. The zero-order valence-corrected chi connectivity index (χ0v) is 38.4. The van der Waals surface area contributed by atoms with Crippen LogP contribution >= 0.6 is 0 Å². The number of nitrogens with one attached hydrogen (secondary N) is 4. The van der Waals surface area contributed by atoms with Crippen LogP contribution in [-0.2, 0) is 28.2 Å². The first-order chi connectivity index (χ1) is 33.2. The number of hydrogen-bond acceptors (Lipinski definition) is 13. The number of aromatic nitrogens is 7. The molecule has 17 nitrogen and oxygen atoms in total. The van der Waals surface area contributed by atoms with Crippen molar-refractivity contribution in [2.24, 2.45) is 5.92 Å². The van der Waals surface area contributed by atoms with Crippen molar-refractivity contribution in [1.29, 1.82) is 0 Å². The van der Waals surface area contributed by atoms with Crippen molar-refractivity contribution in [2.45, 2.75) is 101 Å². The molecule has 7 aromatic rings. The minimum absolute atomic E-state index is 0.235. The molecule has 4 aliphatic rings. The fourth-order valence-electron chi connectivity index (χ4n) is 11.3. The Labute approximate surface area is 393 Å². The van der Waals surface area contributed by atoms with Gasteiger partial charge in [-0.1, -0.05) is 24.2 Å². The number of aryl methyl sites for hydroxylation is 1. The van der Waals surface area contributed by atoms with Crippen molar-refractivity contribution < 1.29 is 19.2 Å². The molecule has 2 aromatic carbocycles. The van der Waals surface area contributed by atoms with E-state index in [1.54, 1.807) is 21.6 Å². The van der Waals surface area contributed by atoms with Gasteiger partial charge in [-0.05, 0) is 131 Å². The lowest BCUT2D eigenvalue weighted by molar-refractivity contribution is -0.134. The third kappa shape index (κ3) is 8.15. The molecular weight excluding hydrogens is 861 g/mol. The number of pyridine rings is 1. The second-order valence-electron chi connectivity index (χ2n) is 19.1. The van der Waals surface area contributed by atoms with E-state index in [9.17, 15) is 19.5 Å². The van der Waals surface area contributed by atoms with Gasteiger partial charge >= 0.3 is 0 Å². The predicted molar refractivity (Wildman–Crippen MR) is 260 cm³/mol. The predicted octanol–water partition coefficient (Wildman–Crippen LogP) is 6.57. The molecule has 352 valence electrons. The van der Waals surface area contributed by atoms with Crippen LogP contribution in [0.25, 0.3) is 38.7 Å². The van der Waals surface area contributed by atoms with E-state index < -0.39 is 11.5 Å². The van der Waals surface area contributed by atoms with Gasteiger partial charge < -0.3 is 35.0 Å². The number of benzene rings is 2. The van der Waals surface area contributed by atoms with E-state index >= 15 is 0 Å². The van der Waals surface area contributed by atoms with Gasteiger partial charge in [0.25, 0.3) is 5.56 Å². The summed E-state index contributed by atoms with van der Waals surface area (Å²) < 4.78 is 11.3. The quantitative estimate of drug-likeness (QED) is 0.0420. The number of amides is 2. The molecule has 3 fully saturated rings. The summed E-state index contributed by atoms with van der Waals surface area (Å²) in [5, 5.41) is 31.0. The Hall–Kier alpha value is -6.69. The summed E-state index contributed by atoms with van der Waals surface area (Å²) in [7, 11) is 0. The van der Waals surface area contributed by atoms with Crippen LogP contribution in [0.4, 0.5) is 17.3 Å². The summed E-state index contributed by atoms with van der Waals surface area (Å²) in [4.78, 5) is 54.9. The number of piperidine rings is 2. The summed E-state index contributed by atoms with van der Waals surface area (Å²) in [6.07, 6.45) is 13.8. The fraction of sp³-hybridized carbons (Fsp3) is 0.431. The molecule has 2 aliphatic carbocycles. The highest BCUT2D eigenvalue weighted by Crippen LogP contribution is 2.42. The molecular formula is C51H58N12O5. The molecule has 1 unspecified atom stereocenters. The lowest BCUT2D eigenvalue weighted by Crippen LogP contribution is -2.44. The van der Waals surface area contributed by atoms with Gasteiger partial charge in [-0.3, -0.25) is 19.7 Å². The van der Waals surface area contributed by atoms with E-state index in [0.29, 0.717) is 83.5 Å². The van der Waals surface area contributed by atoms with Crippen molar-refractivity contribution in [1.82, 2.24) is 49.6 Å². The highest BCUT2D eigenvalue weighted by atomic mass is 16.5. The highest BCUT2D eigenvalue weighted by Gasteiger charge is 2.38. The van der Waals surface area contributed by atoms with E-state index in [0.717, 1.165) is 98.1 Å². The summed E-state index contributed by atoms with van der Waals surface area (Å²) >= 11 is 0. The van der Waals surface area contributed by atoms with Crippen LogP contribution in [-0.4, -0.2) is 94.6 Å². The van der Waals surface area contributed by atoms with Crippen molar-refractivity contribution in [2.75, 3.05) is 43.4 Å². The number of fused-ring (bicyclic) bond motifs is 5. The topological polar surface area (TPSA) is 202 Å². The maximum absolute atomic E-state index is 13.5. The van der Waals surface area contributed by atoms with E-state index in [1.807, 2.05) is 49.4 Å². The normalized spacial score (nSPS) is 22.4. The molecule has 1 saturated carbocycles. The maximum Gasteiger partial charge on any atom is 0.278 e. The molecule has 5 aromatic heterocycles. The average Bonchev–Trinajstić information content (AvgIpc) is 4.20. The number of rotatable bonds is 15. The smallest absolute Gasteiger partial charge is 0.278 e. The molecule has 2 amide bonds. The minimum atomic E-state index is -0.993. The molecule has 17 heteroatoms. The molecule has 0 bridgehead atoms. The van der Waals surface area contributed by atoms with Crippen LogP contribution < -0.4 is 26.8 Å². The molecule has 11 rings (SSSR count). The van der Waals surface area contributed by atoms with E-state index in [2.05, 4.69) is 65.8 Å². The Balaban J connectivity index is 0.647. The van der Waals surface area contributed by atoms with Crippen LogP contribution in [0.1, 0.15) is 93.6 Å². The largest absolute Gasteiger partial charge is 0.384 e. The first kappa shape index (κ1) is 43.9. The van der Waals surface area contributed by atoms with Gasteiger partial charge in [-0.15, -0.1) is 6.58 Å². The summed E-state index contributed by atoms with van der Waals surface area (Å²) in [5.41, 5.74) is 5.12. The molecule has 4 atom stereocenters. The first-order valence-corrected chi connectivity index (χ1v) is 24.3. The third-order valence-corrected chi connectivity index (χ3v) is 15.0. The average molecular weight is 919 g/mol. The molecule has 0 radical (unpaired) electrons. The van der Waals surface area contributed by atoms with Gasteiger partial charge in [-0.25, -0.2) is 19.3 Å². The molecule has 5 N–H and O–H groups in total. The van der Waals surface area contributed by atoms with Crippen molar-refractivity contribution in [3.63, 3.8) is 0 Å². The summed E-state index contributed by atoms with van der Waals surface area (Å²) in [6.45, 7) is 11.1. The summed E-state index contributed by atoms with van der Waals surface area (Å²) in [6, 6.07) is 19.0. The van der Waals surface area contributed by atoms with Crippen LogP contribution in [0.2, 0.25) is 0 Å². The second-order valence-corrected chi connectivity index (χ2v) is 19.1. The van der Waals surface area contributed by atoms with Crippen LogP contribution in [0.15, 0.2) is 89.0 Å². The molecule has 2 saturated heterocycles. The number of hydrogen-bond donors (Lipinski definition) is 5. The van der Waals surface area contributed by atoms with E-state index in [1.165, 1.54) is 6.42 Å². The number of carbonyl (C=O) groups is 2.